The fourth-order valence-corrected chi connectivity index (χ4v) is 3.39. The van der Waals surface area contributed by atoms with E-state index in [1.807, 2.05) is 0 Å². The van der Waals surface area contributed by atoms with Crippen molar-refractivity contribution in [3.05, 3.63) is 35.8 Å². The van der Waals surface area contributed by atoms with E-state index in [2.05, 4.69) is 24.8 Å². The summed E-state index contributed by atoms with van der Waals surface area (Å²) in [6, 6.07) is 5.33. The highest BCUT2D eigenvalue weighted by atomic mass is 32.1. The van der Waals surface area contributed by atoms with Gasteiger partial charge in [-0.2, -0.15) is 0 Å². The molecule has 1 aromatic heterocycles. The van der Waals surface area contributed by atoms with Crippen molar-refractivity contribution in [3.8, 4) is 11.5 Å². The van der Waals surface area contributed by atoms with Crippen molar-refractivity contribution in [3.63, 3.8) is 0 Å². The predicted molar refractivity (Wildman–Crippen MR) is 102 cm³/mol. The molecule has 11 heteroatoms. The number of alkyl halides is 3. The van der Waals surface area contributed by atoms with Crippen LogP contribution in [0.4, 0.5) is 18.3 Å². The topological polar surface area (TPSA) is 66.9 Å². The second kappa shape index (κ2) is 9.90. The third kappa shape index (κ3) is 7.52. The van der Waals surface area contributed by atoms with Crippen molar-refractivity contribution in [2.24, 2.45) is 0 Å². The zero-order valence-electron chi connectivity index (χ0n) is 15.5. The van der Waals surface area contributed by atoms with Crippen molar-refractivity contribution < 1.29 is 27.4 Å². The molecule has 0 radical (unpaired) electrons. The third-order valence-electron chi connectivity index (χ3n) is 4.24. The Bertz CT molecular complexity index is 764. The van der Waals surface area contributed by atoms with Crippen LogP contribution in [-0.4, -0.2) is 72.9 Å². The van der Waals surface area contributed by atoms with Crippen LogP contribution in [0.25, 0.3) is 0 Å². The average Bonchev–Trinajstić information content (AvgIpc) is 3.16. The Balaban J connectivity index is 1.31. The monoisotopic (exact) mass is 430 g/mol. The largest absolute Gasteiger partial charge is 0.573 e. The van der Waals surface area contributed by atoms with E-state index in [1.165, 1.54) is 35.6 Å². The van der Waals surface area contributed by atoms with Gasteiger partial charge in [0.25, 0.3) is 0 Å². The van der Waals surface area contributed by atoms with Crippen molar-refractivity contribution in [1.29, 1.82) is 0 Å². The molecule has 0 spiro atoms. The zero-order valence-corrected chi connectivity index (χ0v) is 16.3. The number of hydrogen-bond donors (Lipinski definition) is 1. The minimum Gasteiger partial charge on any atom is -0.492 e. The Morgan fingerprint density at radius 3 is 2.38 bits per heavy atom. The number of carbonyl (C=O) groups excluding carboxylic acids is 1. The second-order valence-electron chi connectivity index (χ2n) is 6.37. The minimum atomic E-state index is -4.70. The number of thiazole rings is 1. The van der Waals surface area contributed by atoms with Gasteiger partial charge in [-0.25, -0.2) is 4.98 Å². The van der Waals surface area contributed by atoms with E-state index in [0.717, 1.165) is 26.2 Å². The summed E-state index contributed by atoms with van der Waals surface area (Å²) >= 11 is 1.38. The van der Waals surface area contributed by atoms with E-state index in [4.69, 9.17) is 4.74 Å². The van der Waals surface area contributed by atoms with Crippen LogP contribution in [0.2, 0.25) is 0 Å². The number of rotatable bonds is 8. The third-order valence-corrected chi connectivity index (χ3v) is 4.93. The molecule has 0 aliphatic carbocycles. The first-order valence-electron chi connectivity index (χ1n) is 9.00. The van der Waals surface area contributed by atoms with Crippen molar-refractivity contribution in [2.75, 3.05) is 51.2 Å². The van der Waals surface area contributed by atoms with Gasteiger partial charge in [0.1, 0.15) is 18.1 Å². The Morgan fingerprint density at radius 2 is 1.76 bits per heavy atom. The van der Waals surface area contributed by atoms with Gasteiger partial charge < -0.3 is 14.8 Å². The molecule has 1 N–H and O–H groups in total. The van der Waals surface area contributed by atoms with Crippen LogP contribution in [0.3, 0.4) is 0 Å². The number of nitrogens with one attached hydrogen (secondary N) is 1. The van der Waals surface area contributed by atoms with Gasteiger partial charge in [0, 0.05) is 44.3 Å². The lowest BCUT2D eigenvalue weighted by molar-refractivity contribution is -0.274. The number of nitrogens with zero attached hydrogens (tertiary/aromatic N) is 3. The van der Waals surface area contributed by atoms with Crippen molar-refractivity contribution in [2.45, 2.75) is 6.36 Å². The highest BCUT2D eigenvalue weighted by Gasteiger charge is 2.31. The first-order valence-corrected chi connectivity index (χ1v) is 9.88. The molecule has 3 rings (SSSR count). The van der Waals surface area contributed by atoms with E-state index in [1.54, 1.807) is 11.6 Å². The minimum absolute atomic E-state index is 0.0744. The second-order valence-corrected chi connectivity index (χ2v) is 7.27. The Kier molecular flexibility index (Phi) is 7.29. The van der Waals surface area contributed by atoms with Crippen LogP contribution in [0.15, 0.2) is 35.8 Å². The number of aromatic nitrogens is 1. The highest BCUT2D eigenvalue weighted by molar-refractivity contribution is 7.13. The van der Waals surface area contributed by atoms with Crippen LogP contribution < -0.4 is 14.8 Å². The standard InChI is InChI=1S/C18H21F3N4O3S/c19-18(20,21)28-15-3-1-14(2-4-15)27-11-10-24-6-8-25(9-7-24)13-16(26)23-17-22-5-12-29-17/h1-5,12H,6-11,13H2,(H,22,23,26). The summed E-state index contributed by atoms with van der Waals surface area (Å²) < 4.78 is 45.8. The summed E-state index contributed by atoms with van der Waals surface area (Å²) in [6.07, 6.45) is -3.06. The maximum absolute atomic E-state index is 12.1. The Morgan fingerprint density at radius 1 is 1.10 bits per heavy atom. The normalized spacial score (nSPS) is 15.8. The predicted octanol–water partition coefficient (Wildman–Crippen LogP) is 2.68. The van der Waals surface area contributed by atoms with E-state index in [0.29, 0.717) is 30.6 Å². The zero-order chi connectivity index (χ0) is 20.7. The molecule has 0 unspecified atom stereocenters. The van der Waals surface area contributed by atoms with Crippen LogP contribution in [0.5, 0.6) is 11.5 Å². The number of carbonyl (C=O) groups is 1. The molecule has 2 aromatic rings. The van der Waals surface area contributed by atoms with E-state index < -0.39 is 6.36 Å². The van der Waals surface area contributed by atoms with Crippen molar-refractivity contribution in [1.82, 2.24) is 14.8 Å². The van der Waals surface area contributed by atoms with Gasteiger partial charge in [-0.05, 0) is 24.3 Å². The summed E-state index contributed by atoms with van der Waals surface area (Å²) in [7, 11) is 0. The molecule has 7 nitrogen and oxygen atoms in total. The molecule has 1 fully saturated rings. The first-order chi connectivity index (χ1) is 13.9. The summed E-state index contributed by atoms with van der Waals surface area (Å²) in [5.74, 6) is 0.131. The van der Waals surface area contributed by atoms with E-state index >= 15 is 0 Å². The van der Waals surface area contributed by atoms with Gasteiger partial charge in [-0.15, -0.1) is 24.5 Å². The number of ether oxygens (including phenoxy) is 2. The van der Waals surface area contributed by atoms with E-state index in [9.17, 15) is 18.0 Å². The summed E-state index contributed by atoms with van der Waals surface area (Å²) in [5.41, 5.74) is 0. The van der Waals surface area contributed by atoms with Gasteiger partial charge in [-0.1, -0.05) is 0 Å². The van der Waals surface area contributed by atoms with Gasteiger partial charge in [0.2, 0.25) is 5.91 Å². The molecule has 2 heterocycles. The molecule has 0 bridgehead atoms. The lowest BCUT2D eigenvalue weighted by Crippen LogP contribution is -2.49. The first kappa shape index (κ1) is 21.3. The SMILES string of the molecule is O=C(CN1CCN(CCOc2ccc(OC(F)(F)F)cc2)CC1)Nc1nccs1. The average molecular weight is 430 g/mol. The number of hydrogen-bond acceptors (Lipinski definition) is 7. The summed E-state index contributed by atoms with van der Waals surface area (Å²) in [6.45, 7) is 4.61. The summed E-state index contributed by atoms with van der Waals surface area (Å²) in [4.78, 5) is 20.3. The number of anilines is 1. The van der Waals surface area contributed by atoms with Crippen LogP contribution in [0.1, 0.15) is 0 Å². The molecule has 158 valence electrons. The smallest absolute Gasteiger partial charge is 0.492 e. The van der Waals surface area contributed by atoms with Gasteiger partial charge in [-0.3, -0.25) is 14.6 Å². The summed E-state index contributed by atoms with van der Waals surface area (Å²) in [5, 5.41) is 5.18. The van der Waals surface area contributed by atoms with Crippen LogP contribution in [0, 0.1) is 0 Å². The molecule has 1 aromatic carbocycles. The number of piperazine rings is 1. The molecule has 1 aliphatic rings. The van der Waals surface area contributed by atoms with Crippen LogP contribution in [-0.2, 0) is 4.79 Å². The van der Waals surface area contributed by atoms with Crippen LogP contribution >= 0.6 is 11.3 Å². The lowest BCUT2D eigenvalue weighted by atomic mass is 10.3. The van der Waals surface area contributed by atoms with Gasteiger partial charge in [0.05, 0.1) is 6.54 Å². The Labute approximate surface area is 170 Å². The molecule has 29 heavy (non-hydrogen) atoms. The van der Waals surface area contributed by atoms with Gasteiger partial charge >= 0.3 is 6.36 Å². The molecule has 1 aliphatic heterocycles. The molecule has 0 saturated carbocycles. The lowest BCUT2D eigenvalue weighted by Gasteiger charge is -2.34. The fourth-order valence-electron chi connectivity index (χ4n) is 2.85. The number of benzene rings is 1. The quantitative estimate of drug-likeness (QED) is 0.695. The molecule has 1 amide bonds. The van der Waals surface area contributed by atoms with Gasteiger partial charge in [0.15, 0.2) is 5.13 Å². The molecular formula is C18H21F3N4O3S. The fraction of sp³-hybridized carbons (Fsp3) is 0.444. The maximum Gasteiger partial charge on any atom is 0.573 e. The highest BCUT2D eigenvalue weighted by Crippen LogP contribution is 2.24. The number of halogens is 3. The van der Waals surface area contributed by atoms with E-state index in [-0.39, 0.29) is 11.7 Å². The number of amides is 1. The Hall–Kier alpha value is -2.37. The maximum atomic E-state index is 12.1. The van der Waals surface area contributed by atoms with Crippen molar-refractivity contribution >= 4 is 22.4 Å². The molecular weight excluding hydrogens is 409 g/mol. The molecule has 0 atom stereocenters. The molecule has 1 saturated heterocycles.